The fraction of sp³-hybridized carbons (Fsp3) is 0.250. The van der Waals surface area contributed by atoms with E-state index in [2.05, 4.69) is 15.2 Å². The van der Waals surface area contributed by atoms with Crippen LogP contribution in [-0.4, -0.2) is 25.2 Å². The summed E-state index contributed by atoms with van der Waals surface area (Å²) in [6.07, 6.45) is 0.611. The van der Waals surface area contributed by atoms with E-state index in [9.17, 15) is 15.2 Å². The van der Waals surface area contributed by atoms with E-state index in [1.54, 1.807) is 6.92 Å². The van der Waals surface area contributed by atoms with Crippen molar-refractivity contribution in [2.75, 3.05) is 0 Å². The minimum atomic E-state index is -0.720. The Morgan fingerprint density at radius 3 is 3.00 bits per heavy atom. The zero-order chi connectivity index (χ0) is 12.4. The van der Waals surface area contributed by atoms with Gasteiger partial charge in [0.15, 0.2) is 5.16 Å². The Morgan fingerprint density at radius 1 is 1.71 bits per heavy atom. The topological polar surface area (TPSA) is 105 Å². The molecule has 2 aromatic rings. The number of nitrogens with zero attached hydrogens (tertiary/aromatic N) is 3. The minimum absolute atomic E-state index is 0.0210. The van der Waals surface area contributed by atoms with Gasteiger partial charge in [-0.25, -0.2) is 4.98 Å². The molecule has 17 heavy (non-hydrogen) atoms. The largest absolute Gasteiger partial charge is 0.388 e. The van der Waals surface area contributed by atoms with Crippen molar-refractivity contribution in [2.45, 2.75) is 22.4 Å². The molecule has 0 bridgehead atoms. The first-order chi connectivity index (χ1) is 8.08. The summed E-state index contributed by atoms with van der Waals surface area (Å²) >= 11 is 2.30. The van der Waals surface area contributed by atoms with Gasteiger partial charge in [-0.1, -0.05) is 0 Å². The molecule has 7 nitrogen and oxygen atoms in total. The van der Waals surface area contributed by atoms with Gasteiger partial charge >= 0.3 is 0 Å². The molecule has 2 N–H and O–H groups in total. The number of nitrogens with one attached hydrogen (secondary N) is 1. The minimum Gasteiger partial charge on any atom is -0.388 e. The number of aliphatic hydroxyl groups is 1. The number of rotatable bonds is 4. The Hall–Kier alpha value is -1.45. The molecule has 0 saturated carbocycles. The molecule has 2 rings (SSSR count). The van der Waals surface area contributed by atoms with Crippen LogP contribution in [0.2, 0.25) is 0 Å². The van der Waals surface area contributed by atoms with Crippen molar-refractivity contribution in [2.24, 2.45) is 0 Å². The normalized spacial score (nSPS) is 12.6. The molecular formula is C8H8N4O3S2. The van der Waals surface area contributed by atoms with Crippen LogP contribution in [0.25, 0.3) is 0 Å². The van der Waals surface area contributed by atoms with Gasteiger partial charge < -0.3 is 5.11 Å². The predicted octanol–water partition coefficient (Wildman–Crippen LogP) is 1.98. The molecule has 0 aliphatic rings. The molecule has 90 valence electrons. The molecule has 2 heterocycles. The molecule has 0 fully saturated rings. The third-order valence-corrected chi connectivity index (χ3v) is 4.26. The fourth-order valence-corrected chi connectivity index (χ4v) is 3.22. The SMILES string of the molecule is CC(O)c1cc([N+](=O)[O-])c(Sc2ncn[nH]2)s1. The van der Waals surface area contributed by atoms with Crippen LogP contribution in [-0.2, 0) is 0 Å². The standard InChI is InChI=1S/C8H8N4O3S2/c1-4(13)6-2-5(12(14)15)7(16-6)17-8-9-3-10-11-8/h2-4,13H,1H3,(H,9,10,11). The lowest BCUT2D eigenvalue weighted by molar-refractivity contribution is -0.387. The van der Waals surface area contributed by atoms with Crippen LogP contribution in [0.1, 0.15) is 17.9 Å². The number of nitro groups is 1. The maximum atomic E-state index is 10.9. The number of aromatic amines is 1. The first-order valence-electron chi connectivity index (χ1n) is 4.57. The van der Waals surface area contributed by atoms with Crippen molar-refractivity contribution in [1.29, 1.82) is 0 Å². The van der Waals surface area contributed by atoms with Crippen LogP contribution in [0.3, 0.4) is 0 Å². The lowest BCUT2D eigenvalue weighted by atomic mass is 10.3. The molecule has 0 spiro atoms. The van der Waals surface area contributed by atoms with E-state index >= 15 is 0 Å². The van der Waals surface area contributed by atoms with Crippen molar-refractivity contribution in [3.63, 3.8) is 0 Å². The average Bonchev–Trinajstić information content (AvgIpc) is 2.87. The summed E-state index contributed by atoms with van der Waals surface area (Å²) in [4.78, 5) is 14.8. The van der Waals surface area contributed by atoms with Gasteiger partial charge in [0.2, 0.25) is 0 Å². The summed E-state index contributed by atoms with van der Waals surface area (Å²) in [6, 6.07) is 1.38. The Labute approximate surface area is 104 Å². The zero-order valence-corrected chi connectivity index (χ0v) is 10.3. The third kappa shape index (κ3) is 2.62. The van der Waals surface area contributed by atoms with Crippen molar-refractivity contribution < 1.29 is 10.0 Å². The summed E-state index contributed by atoms with van der Waals surface area (Å²) in [5.41, 5.74) is -0.0210. The number of thiophene rings is 1. The molecular weight excluding hydrogens is 264 g/mol. The fourth-order valence-electron chi connectivity index (χ4n) is 1.12. The maximum absolute atomic E-state index is 10.9. The summed E-state index contributed by atoms with van der Waals surface area (Å²) < 4.78 is 0.475. The molecule has 0 aromatic carbocycles. The Bertz CT molecular complexity index is 523. The Balaban J connectivity index is 2.34. The van der Waals surface area contributed by atoms with Crippen LogP contribution in [0.15, 0.2) is 21.8 Å². The smallest absolute Gasteiger partial charge is 0.294 e. The van der Waals surface area contributed by atoms with Gasteiger partial charge in [0.1, 0.15) is 10.5 Å². The molecule has 0 amide bonds. The number of H-pyrrole nitrogens is 1. The van der Waals surface area contributed by atoms with E-state index in [1.807, 2.05) is 0 Å². The summed E-state index contributed by atoms with van der Waals surface area (Å²) in [6.45, 7) is 1.57. The number of aromatic nitrogens is 3. The van der Waals surface area contributed by atoms with Crippen LogP contribution >= 0.6 is 23.1 Å². The first kappa shape index (κ1) is 12.0. The van der Waals surface area contributed by atoms with E-state index in [-0.39, 0.29) is 5.69 Å². The molecule has 1 atom stereocenters. The molecule has 0 aliphatic carbocycles. The number of hydrogen-bond donors (Lipinski definition) is 2. The Morgan fingerprint density at radius 2 is 2.47 bits per heavy atom. The highest BCUT2D eigenvalue weighted by Gasteiger charge is 2.22. The van der Waals surface area contributed by atoms with E-state index < -0.39 is 11.0 Å². The lowest BCUT2D eigenvalue weighted by Gasteiger charge is -1.95. The van der Waals surface area contributed by atoms with E-state index in [4.69, 9.17) is 0 Å². The molecule has 2 aromatic heterocycles. The van der Waals surface area contributed by atoms with Crippen molar-refractivity contribution >= 4 is 28.8 Å². The van der Waals surface area contributed by atoms with Crippen molar-refractivity contribution in [3.8, 4) is 0 Å². The first-order valence-corrected chi connectivity index (χ1v) is 6.20. The summed E-state index contributed by atoms with van der Waals surface area (Å²) in [7, 11) is 0. The highest BCUT2D eigenvalue weighted by atomic mass is 32.2. The second-order valence-electron chi connectivity index (χ2n) is 3.15. The molecule has 9 heteroatoms. The average molecular weight is 272 g/mol. The zero-order valence-electron chi connectivity index (χ0n) is 8.65. The van der Waals surface area contributed by atoms with Gasteiger partial charge in [-0.05, 0) is 18.7 Å². The molecule has 0 radical (unpaired) electrons. The second-order valence-corrected chi connectivity index (χ2v) is 5.49. The van der Waals surface area contributed by atoms with E-state index in [1.165, 1.54) is 23.7 Å². The van der Waals surface area contributed by atoms with Gasteiger partial charge in [0.25, 0.3) is 5.69 Å². The highest BCUT2D eigenvalue weighted by Crippen LogP contribution is 2.41. The van der Waals surface area contributed by atoms with Crippen LogP contribution in [0, 0.1) is 10.1 Å². The van der Waals surface area contributed by atoms with Gasteiger partial charge in [-0.2, -0.15) is 5.10 Å². The third-order valence-electron chi connectivity index (χ3n) is 1.89. The van der Waals surface area contributed by atoms with Crippen molar-refractivity contribution in [3.05, 3.63) is 27.4 Å². The maximum Gasteiger partial charge on any atom is 0.294 e. The Kier molecular flexibility index (Phi) is 3.41. The summed E-state index contributed by atoms with van der Waals surface area (Å²) in [5.74, 6) is 0. The van der Waals surface area contributed by atoms with E-state index in [0.29, 0.717) is 14.2 Å². The summed E-state index contributed by atoms with van der Waals surface area (Å²) in [5, 5.41) is 27.0. The number of aliphatic hydroxyl groups excluding tert-OH is 1. The molecule has 0 aliphatic heterocycles. The van der Waals surface area contributed by atoms with Gasteiger partial charge in [0.05, 0.1) is 11.0 Å². The van der Waals surface area contributed by atoms with Crippen LogP contribution in [0.5, 0.6) is 0 Å². The van der Waals surface area contributed by atoms with Crippen molar-refractivity contribution in [1.82, 2.24) is 15.2 Å². The monoisotopic (exact) mass is 272 g/mol. The van der Waals surface area contributed by atoms with Crippen LogP contribution in [0.4, 0.5) is 5.69 Å². The molecule has 1 unspecified atom stereocenters. The second kappa shape index (κ2) is 4.82. The number of hydrogen-bond acceptors (Lipinski definition) is 7. The molecule has 0 saturated heterocycles. The van der Waals surface area contributed by atoms with E-state index in [0.717, 1.165) is 11.8 Å². The van der Waals surface area contributed by atoms with Crippen LogP contribution < -0.4 is 0 Å². The highest BCUT2D eigenvalue weighted by molar-refractivity contribution is 8.01. The lowest BCUT2D eigenvalue weighted by Crippen LogP contribution is -1.87. The van der Waals surface area contributed by atoms with Gasteiger partial charge in [0, 0.05) is 10.9 Å². The predicted molar refractivity (Wildman–Crippen MR) is 62.1 cm³/mol. The van der Waals surface area contributed by atoms with Gasteiger partial charge in [-0.3, -0.25) is 15.2 Å². The van der Waals surface area contributed by atoms with Gasteiger partial charge in [-0.15, -0.1) is 11.3 Å². The quantitative estimate of drug-likeness (QED) is 0.651.